The Hall–Kier alpha value is -3.69. The Morgan fingerprint density at radius 3 is 2.58 bits per heavy atom. The van der Waals surface area contributed by atoms with Crippen LogP contribution in [0.25, 0.3) is 22.4 Å². The summed E-state index contributed by atoms with van der Waals surface area (Å²) in [6, 6.07) is 8.56. The number of hydrogen-bond acceptors (Lipinski definition) is 7. The van der Waals surface area contributed by atoms with Gasteiger partial charge < -0.3 is 14.6 Å². The summed E-state index contributed by atoms with van der Waals surface area (Å²) in [7, 11) is 0. The number of rotatable bonds is 4. The fraction of sp³-hybridized carbons (Fsp3) is 0.500. The van der Waals surface area contributed by atoms with Crippen LogP contribution < -0.4 is 4.74 Å². The summed E-state index contributed by atoms with van der Waals surface area (Å²) in [5.41, 5.74) is 0.287. The lowest BCUT2D eigenvalue weighted by Gasteiger charge is -2.61. The number of hydrogen-bond donors (Lipinski definition) is 2. The first-order valence-electron chi connectivity index (χ1n) is 12.9. The molecule has 0 saturated carbocycles. The summed E-state index contributed by atoms with van der Waals surface area (Å²) < 4.78 is 27.8. The van der Waals surface area contributed by atoms with Crippen LogP contribution in [0.1, 0.15) is 60.3 Å². The number of phenols is 1. The Bertz CT molecular complexity index is 1310. The molecule has 2 bridgehead atoms. The fourth-order valence-corrected chi connectivity index (χ4v) is 5.92. The van der Waals surface area contributed by atoms with Gasteiger partial charge in [0.15, 0.2) is 6.17 Å². The van der Waals surface area contributed by atoms with Gasteiger partial charge in [-0.2, -0.15) is 5.10 Å². The van der Waals surface area contributed by atoms with E-state index in [0.717, 1.165) is 24.0 Å². The molecule has 38 heavy (non-hydrogen) atoms. The Morgan fingerprint density at radius 1 is 1.16 bits per heavy atom. The van der Waals surface area contributed by atoms with Gasteiger partial charge in [-0.15, -0.1) is 10.2 Å². The molecule has 2 aromatic heterocycles. The average Bonchev–Trinajstić information content (AvgIpc) is 3.37. The first kappa shape index (κ1) is 25.9. The number of aromatic amines is 1. The molecule has 2 aliphatic heterocycles. The molecule has 9 nitrogen and oxygen atoms in total. The maximum Gasteiger partial charge on any atom is 0.411 e. The number of alkyl halides is 1. The number of nitrogens with one attached hydrogen (secondary N) is 1. The van der Waals surface area contributed by atoms with Crippen molar-refractivity contribution in [3.8, 4) is 34.0 Å². The van der Waals surface area contributed by atoms with E-state index in [0.29, 0.717) is 24.1 Å². The lowest BCUT2D eigenvalue weighted by Crippen LogP contribution is -2.74. The second kappa shape index (κ2) is 9.25. The number of aromatic hydroxyl groups is 1. The highest BCUT2D eigenvalue weighted by Crippen LogP contribution is 2.50. The molecule has 2 aliphatic rings. The molecule has 5 rings (SSSR count). The molecule has 3 aromatic rings. The van der Waals surface area contributed by atoms with Crippen LogP contribution in [0, 0.1) is 0 Å². The topological polar surface area (TPSA) is 113 Å². The summed E-state index contributed by atoms with van der Waals surface area (Å²) in [6.45, 7) is 9.18. The zero-order chi connectivity index (χ0) is 27.3. The highest BCUT2D eigenvalue weighted by Gasteiger charge is 2.62. The van der Waals surface area contributed by atoms with E-state index in [2.05, 4.69) is 20.4 Å². The summed E-state index contributed by atoms with van der Waals surface area (Å²) in [5.74, 6) is 0.241. The van der Waals surface area contributed by atoms with E-state index in [4.69, 9.17) is 9.47 Å². The molecule has 1 aromatic carbocycles. The van der Waals surface area contributed by atoms with Crippen LogP contribution in [0.2, 0.25) is 0 Å². The van der Waals surface area contributed by atoms with E-state index >= 15 is 4.39 Å². The maximum absolute atomic E-state index is 16.1. The molecule has 4 heterocycles. The van der Waals surface area contributed by atoms with E-state index in [-0.39, 0.29) is 11.6 Å². The molecule has 4 atom stereocenters. The highest BCUT2D eigenvalue weighted by atomic mass is 19.1. The summed E-state index contributed by atoms with van der Waals surface area (Å²) in [4.78, 5) is 14.8. The van der Waals surface area contributed by atoms with E-state index in [9.17, 15) is 9.90 Å². The predicted octanol–water partition coefficient (Wildman–Crippen LogP) is 5.67. The van der Waals surface area contributed by atoms with Crippen molar-refractivity contribution in [2.24, 2.45) is 0 Å². The molecule has 10 heteroatoms. The number of H-pyrrole nitrogens is 1. The number of carbonyl (C=O) groups is 1. The van der Waals surface area contributed by atoms with Crippen molar-refractivity contribution in [1.82, 2.24) is 25.3 Å². The number of benzene rings is 1. The third-order valence-electron chi connectivity index (χ3n) is 7.60. The zero-order valence-electron chi connectivity index (χ0n) is 22.4. The third kappa shape index (κ3) is 4.68. The van der Waals surface area contributed by atoms with Crippen LogP contribution in [-0.4, -0.2) is 65.4 Å². The minimum atomic E-state index is -1.44. The molecule has 0 unspecified atom stereocenters. The molecule has 0 spiro atoms. The van der Waals surface area contributed by atoms with Crippen molar-refractivity contribution < 1.29 is 23.8 Å². The van der Waals surface area contributed by atoms with Gasteiger partial charge in [-0.3, -0.25) is 10.00 Å². The van der Waals surface area contributed by atoms with Crippen LogP contribution in [-0.2, 0) is 4.74 Å². The maximum atomic E-state index is 16.1. The van der Waals surface area contributed by atoms with Gasteiger partial charge in [0.1, 0.15) is 17.5 Å². The number of aromatic nitrogens is 4. The normalized spacial score (nSPS) is 27.2. The molecule has 1 amide bonds. The van der Waals surface area contributed by atoms with E-state index in [1.165, 1.54) is 0 Å². The van der Waals surface area contributed by atoms with Gasteiger partial charge in [0.2, 0.25) is 5.88 Å². The molecule has 2 N–H and O–H groups in total. The Labute approximate surface area is 221 Å². The van der Waals surface area contributed by atoms with E-state index < -0.39 is 35.0 Å². The van der Waals surface area contributed by atoms with Gasteiger partial charge in [0.05, 0.1) is 17.4 Å². The zero-order valence-corrected chi connectivity index (χ0v) is 22.4. The van der Waals surface area contributed by atoms with Crippen molar-refractivity contribution in [2.75, 3.05) is 0 Å². The van der Waals surface area contributed by atoms with Crippen molar-refractivity contribution >= 4 is 6.09 Å². The Balaban J connectivity index is 1.34. The first-order chi connectivity index (χ1) is 17.9. The van der Waals surface area contributed by atoms with Crippen molar-refractivity contribution in [3.63, 3.8) is 0 Å². The van der Waals surface area contributed by atoms with Crippen LogP contribution in [0.3, 0.4) is 0 Å². The first-order valence-corrected chi connectivity index (χ1v) is 12.9. The number of fused-ring (bicyclic) bond motifs is 2. The van der Waals surface area contributed by atoms with Crippen LogP contribution in [0.4, 0.5) is 9.18 Å². The van der Waals surface area contributed by atoms with Crippen LogP contribution in [0.15, 0.2) is 42.7 Å². The number of piperidine rings is 2. The minimum absolute atomic E-state index is 0.0543. The Morgan fingerprint density at radius 2 is 1.95 bits per heavy atom. The van der Waals surface area contributed by atoms with Crippen LogP contribution >= 0.6 is 0 Å². The second-order valence-electron chi connectivity index (χ2n) is 11.8. The predicted molar refractivity (Wildman–Crippen MR) is 139 cm³/mol. The monoisotopic (exact) mass is 523 g/mol. The number of amides is 1. The van der Waals surface area contributed by atoms with Crippen molar-refractivity contribution in [3.05, 3.63) is 42.7 Å². The molecule has 2 fully saturated rings. The largest absolute Gasteiger partial charge is 0.507 e. The van der Waals surface area contributed by atoms with Crippen molar-refractivity contribution in [1.29, 1.82) is 0 Å². The van der Waals surface area contributed by atoms with E-state index in [1.54, 1.807) is 48.5 Å². The molecule has 2 saturated heterocycles. The molecule has 0 aliphatic carbocycles. The lowest BCUT2D eigenvalue weighted by atomic mass is 9.67. The number of ether oxygens (including phenoxy) is 2. The highest BCUT2D eigenvalue weighted by molar-refractivity contribution is 5.73. The van der Waals surface area contributed by atoms with E-state index in [1.807, 2.05) is 33.8 Å². The van der Waals surface area contributed by atoms with Gasteiger partial charge in [-0.05, 0) is 77.6 Å². The van der Waals surface area contributed by atoms with Gasteiger partial charge in [0.25, 0.3) is 0 Å². The number of carbonyl (C=O) groups excluding carboxylic acids is 1. The minimum Gasteiger partial charge on any atom is -0.507 e. The standard InChI is InChI=1S/C28H34FN5O4/c1-26(2,3)38-25(36)34-27(4)11-6-12-28(34,5)24(29)22(14-27)37-23-10-9-20(32-33-23)19-8-7-17(13-21(19)35)18-15-30-31-16-18/h7-10,13,15-16,22,24,35H,6,11-12,14H2,1-5H3,(H,30,31)/t22-,24-,27-,28+/m0/s1. The lowest BCUT2D eigenvalue weighted by molar-refractivity contribution is -0.156. The summed E-state index contributed by atoms with van der Waals surface area (Å²) >= 11 is 0. The molecular weight excluding hydrogens is 489 g/mol. The molecular formula is C28H34FN5O4. The van der Waals surface area contributed by atoms with Gasteiger partial charge in [0, 0.05) is 35.3 Å². The molecule has 0 radical (unpaired) electrons. The Kier molecular flexibility index (Phi) is 6.31. The fourth-order valence-electron chi connectivity index (χ4n) is 5.92. The quantitative estimate of drug-likeness (QED) is 0.453. The smallest absolute Gasteiger partial charge is 0.411 e. The number of nitrogens with zero attached hydrogens (tertiary/aromatic N) is 4. The second-order valence-corrected chi connectivity index (χ2v) is 11.8. The van der Waals surface area contributed by atoms with Gasteiger partial charge >= 0.3 is 6.09 Å². The van der Waals surface area contributed by atoms with Gasteiger partial charge in [-0.1, -0.05) is 6.07 Å². The number of halogens is 1. The van der Waals surface area contributed by atoms with Crippen LogP contribution in [0.5, 0.6) is 11.6 Å². The average molecular weight is 524 g/mol. The summed E-state index contributed by atoms with van der Waals surface area (Å²) in [5, 5.41) is 25.6. The van der Waals surface area contributed by atoms with Gasteiger partial charge in [-0.25, -0.2) is 9.18 Å². The number of phenolic OH excluding ortho intramolecular Hbond substituents is 1. The molecule has 202 valence electrons. The van der Waals surface area contributed by atoms with Crippen molar-refractivity contribution in [2.45, 2.75) is 89.3 Å². The third-order valence-corrected chi connectivity index (χ3v) is 7.60. The SMILES string of the molecule is CC(C)(C)OC(=O)N1[C@@]2(C)CCC[C@]1(C)[C@@H](F)[C@@H](Oc1ccc(-c3ccc(-c4cn[nH]c4)cc3O)nn1)C2. The summed E-state index contributed by atoms with van der Waals surface area (Å²) in [6.07, 6.45) is 3.05.